The maximum absolute atomic E-state index is 5.78. The van der Waals surface area contributed by atoms with Crippen molar-refractivity contribution >= 4 is 0 Å². The molecule has 0 aliphatic carbocycles. The molecular weight excluding hydrogens is 200 g/mol. The van der Waals surface area contributed by atoms with Crippen LogP contribution in [0.3, 0.4) is 0 Å². The minimum absolute atomic E-state index is 0.220. The first-order valence-corrected chi connectivity index (χ1v) is 6.09. The molecule has 0 spiro atoms. The van der Waals surface area contributed by atoms with Gasteiger partial charge in [-0.2, -0.15) is 5.06 Å². The van der Waals surface area contributed by atoms with Crippen LogP contribution in [0.2, 0.25) is 0 Å². The van der Waals surface area contributed by atoms with E-state index in [-0.39, 0.29) is 6.17 Å². The lowest BCUT2D eigenvalue weighted by Gasteiger charge is -2.23. The molecule has 1 N–H and O–H groups in total. The van der Waals surface area contributed by atoms with Gasteiger partial charge in [0.2, 0.25) is 0 Å². The van der Waals surface area contributed by atoms with Crippen molar-refractivity contribution in [3.05, 3.63) is 35.9 Å². The third-order valence-electron chi connectivity index (χ3n) is 2.83. The number of nitrogens with zero attached hydrogens (tertiary/aromatic N) is 1. The zero-order valence-corrected chi connectivity index (χ0v) is 9.86. The first kappa shape index (κ1) is 11.6. The highest BCUT2D eigenvalue weighted by Crippen LogP contribution is 2.21. The number of hydrogen-bond donors (Lipinski definition) is 1. The molecule has 1 aromatic carbocycles. The summed E-state index contributed by atoms with van der Waals surface area (Å²) in [5, 5.41) is 5.51. The fourth-order valence-electron chi connectivity index (χ4n) is 1.93. The Bertz CT molecular complexity index is 302. The van der Waals surface area contributed by atoms with E-state index in [1.54, 1.807) is 0 Å². The second-order valence-corrected chi connectivity index (χ2v) is 4.09. The van der Waals surface area contributed by atoms with Crippen molar-refractivity contribution in [2.75, 3.05) is 19.7 Å². The highest BCUT2D eigenvalue weighted by molar-refractivity contribution is 5.18. The summed E-state index contributed by atoms with van der Waals surface area (Å²) in [6.45, 7) is 4.96. The lowest BCUT2D eigenvalue weighted by atomic mass is 10.2. The summed E-state index contributed by atoms with van der Waals surface area (Å²) in [4.78, 5) is 5.78. The molecule has 1 fully saturated rings. The Morgan fingerprint density at radius 3 is 2.94 bits per heavy atom. The molecule has 0 amide bonds. The normalized spacial score (nSPS) is 21.4. The van der Waals surface area contributed by atoms with E-state index in [0.29, 0.717) is 0 Å². The third kappa shape index (κ3) is 2.82. The van der Waals surface area contributed by atoms with Crippen LogP contribution in [0.4, 0.5) is 0 Å². The molecule has 3 heteroatoms. The van der Waals surface area contributed by atoms with E-state index in [0.717, 1.165) is 26.1 Å². The Morgan fingerprint density at radius 1 is 1.38 bits per heavy atom. The van der Waals surface area contributed by atoms with E-state index in [9.17, 15) is 0 Å². The molecule has 1 aliphatic heterocycles. The van der Waals surface area contributed by atoms with E-state index in [1.165, 1.54) is 12.0 Å². The Kier molecular flexibility index (Phi) is 4.34. The molecule has 1 unspecified atom stereocenters. The largest absolute Gasteiger partial charge is 0.297 e. The van der Waals surface area contributed by atoms with Gasteiger partial charge in [-0.05, 0) is 12.0 Å². The van der Waals surface area contributed by atoms with Crippen molar-refractivity contribution in [3.63, 3.8) is 0 Å². The average Bonchev–Trinajstić information content (AvgIpc) is 2.79. The van der Waals surface area contributed by atoms with Crippen LogP contribution in [0.1, 0.15) is 31.5 Å². The van der Waals surface area contributed by atoms with Crippen molar-refractivity contribution in [3.8, 4) is 0 Å². The van der Waals surface area contributed by atoms with Crippen LogP contribution < -0.4 is 5.32 Å². The molecule has 88 valence electrons. The van der Waals surface area contributed by atoms with Gasteiger partial charge in [0.25, 0.3) is 0 Å². The second kappa shape index (κ2) is 5.99. The van der Waals surface area contributed by atoms with E-state index in [4.69, 9.17) is 4.84 Å². The van der Waals surface area contributed by atoms with Crippen molar-refractivity contribution < 1.29 is 4.84 Å². The highest BCUT2D eigenvalue weighted by atomic mass is 16.7. The number of hydroxylamine groups is 2. The Morgan fingerprint density at radius 2 is 2.19 bits per heavy atom. The number of benzene rings is 1. The predicted octanol–water partition coefficient (Wildman–Crippen LogP) is 2.32. The molecule has 2 rings (SSSR count). The van der Waals surface area contributed by atoms with E-state index in [1.807, 2.05) is 6.07 Å². The Labute approximate surface area is 97.4 Å². The van der Waals surface area contributed by atoms with Gasteiger partial charge in [0, 0.05) is 13.1 Å². The number of unbranched alkanes of at least 4 members (excludes halogenated alkanes) is 1. The quantitative estimate of drug-likeness (QED) is 0.771. The zero-order valence-electron chi connectivity index (χ0n) is 9.86. The minimum atomic E-state index is 0.220. The van der Waals surface area contributed by atoms with Gasteiger partial charge in [-0.25, -0.2) is 0 Å². The molecule has 16 heavy (non-hydrogen) atoms. The minimum Gasteiger partial charge on any atom is -0.297 e. The molecule has 0 bridgehead atoms. The van der Waals surface area contributed by atoms with Crippen molar-refractivity contribution in [1.82, 2.24) is 10.4 Å². The van der Waals surface area contributed by atoms with Crippen LogP contribution in [0, 0.1) is 0 Å². The molecule has 1 atom stereocenters. The second-order valence-electron chi connectivity index (χ2n) is 4.09. The van der Waals surface area contributed by atoms with Crippen LogP contribution >= 0.6 is 0 Å². The summed E-state index contributed by atoms with van der Waals surface area (Å²) < 4.78 is 0. The topological polar surface area (TPSA) is 24.5 Å². The summed E-state index contributed by atoms with van der Waals surface area (Å²) in [5.41, 5.74) is 1.27. The lowest BCUT2D eigenvalue weighted by molar-refractivity contribution is -0.173. The van der Waals surface area contributed by atoms with Gasteiger partial charge >= 0.3 is 0 Å². The summed E-state index contributed by atoms with van der Waals surface area (Å²) in [6, 6.07) is 10.5. The van der Waals surface area contributed by atoms with Gasteiger partial charge in [-0.1, -0.05) is 43.7 Å². The summed E-state index contributed by atoms with van der Waals surface area (Å²) >= 11 is 0. The van der Waals surface area contributed by atoms with E-state index in [2.05, 4.69) is 41.6 Å². The van der Waals surface area contributed by atoms with Crippen LogP contribution in [0.15, 0.2) is 30.3 Å². The molecule has 3 nitrogen and oxygen atoms in total. The molecule has 0 aromatic heterocycles. The monoisotopic (exact) mass is 220 g/mol. The molecular formula is C13H20N2O. The van der Waals surface area contributed by atoms with Gasteiger partial charge < -0.3 is 0 Å². The average molecular weight is 220 g/mol. The standard InChI is InChI=1S/C13H20N2O/c1-2-3-11-16-15-10-9-14-13(15)12-7-5-4-6-8-12/h4-8,13-14H,2-3,9-11H2,1H3. The lowest BCUT2D eigenvalue weighted by Crippen LogP contribution is -2.28. The predicted molar refractivity (Wildman–Crippen MR) is 64.8 cm³/mol. The highest BCUT2D eigenvalue weighted by Gasteiger charge is 2.25. The molecule has 0 saturated carbocycles. The SMILES string of the molecule is CCCCON1CCNC1c1ccccc1. The fraction of sp³-hybridized carbons (Fsp3) is 0.538. The Balaban J connectivity index is 1.93. The van der Waals surface area contributed by atoms with Gasteiger partial charge in [-0.3, -0.25) is 10.2 Å². The number of rotatable bonds is 5. The number of hydrogen-bond acceptors (Lipinski definition) is 3. The van der Waals surface area contributed by atoms with Gasteiger partial charge in [0.1, 0.15) is 6.17 Å². The van der Waals surface area contributed by atoms with Crippen molar-refractivity contribution in [2.45, 2.75) is 25.9 Å². The van der Waals surface area contributed by atoms with Crippen molar-refractivity contribution in [2.24, 2.45) is 0 Å². The third-order valence-corrected chi connectivity index (χ3v) is 2.83. The molecule has 0 radical (unpaired) electrons. The smallest absolute Gasteiger partial charge is 0.110 e. The van der Waals surface area contributed by atoms with Crippen LogP contribution in [-0.4, -0.2) is 24.8 Å². The molecule has 1 saturated heterocycles. The number of nitrogens with one attached hydrogen (secondary N) is 1. The van der Waals surface area contributed by atoms with Crippen LogP contribution in [0.25, 0.3) is 0 Å². The van der Waals surface area contributed by atoms with Gasteiger partial charge in [-0.15, -0.1) is 0 Å². The fourth-order valence-corrected chi connectivity index (χ4v) is 1.93. The van der Waals surface area contributed by atoms with E-state index >= 15 is 0 Å². The van der Waals surface area contributed by atoms with Gasteiger partial charge in [0.05, 0.1) is 6.61 Å². The Hall–Kier alpha value is -0.900. The first-order valence-electron chi connectivity index (χ1n) is 6.09. The van der Waals surface area contributed by atoms with E-state index < -0.39 is 0 Å². The summed E-state index contributed by atoms with van der Waals surface area (Å²) in [5.74, 6) is 0. The maximum atomic E-state index is 5.78. The molecule has 1 aromatic rings. The summed E-state index contributed by atoms with van der Waals surface area (Å²) in [6.07, 6.45) is 2.52. The van der Waals surface area contributed by atoms with Crippen molar-refractivity contribution in [1.29, 1.82) is 0 Å². The molecule has 1 heterocycles. The first-order chi connectivity index (χ1) is 7.92. The van der Waals surface area contributed by atoms with Crippen LogP contribution in [0.5, 0.6) is 0 Å². The van der Waals surface area contributed by atoms with Crippen LogP contribution in [-0.2, 0) is 4.84 Å². The summed E-state index contributed by atoms with van der Waals surface area (Å²) in [7, 11) is 0. The van der Waals surface area contributed by atoms with Gasteiger partial charge in [0.15, 0.2) is 0 Å². The zero-order chi connectivity index (χ0) is 11.2. The molecule has 1 aliphatic rings. The maximum Gasteiger partial charge on any atom is 0.110 e.